The van der Waals surface area contributed by atoms with Crippen molar-refractivity contribution in [1.29, 1.82) is 5.26 Å². The van der Waals surface area contributed by atoms with Crippen LogP contribution in [-0.2, 0) is 0 Å². The molecule has 0 radical (unpaired) electrons. The zero-order valence-corrected chi connectivity index (χ0v) is 16.1. The van der Waals surface area contributed by atoms with Gasteiger partial charge in [-0.2, -0.15) is 5.26 Å². The van der Waals surface area contributed by atoms with E-state index in [1.54, 1.807) is 18.2 Å². The van der Waals surface area contributed by atoms with Crippen LogP contribution in [0.25, 0.3) is 0 Å². The number of nitro groups is 1. The number of nitro benzene ring substituents is 1. The monoisotopic (exact) mass is 398 g/mol. The van der Waals surface area contributed by atoms with Gasteiger partial charge in [0.1, 0.15) is 11.8 Å². The van der Waals surface area contributed by atoms with Gasteiger partial charge in [0.2, 0.25) is 0 Å². The summed E-state index contributed by atoms with van der Waals surface area (Å²) in [4.78, 5) is 25.7. The highest BCUT2D eigenvalue weighted by Crippen LogP contribution is 2.32. The van der Waals surface area contributed by atoms with Crippen LogP contribution in [0.5, 0.6) is 0 Å². The molecule has 3 rings (SSSR count). The predicted octanol–water partition coefficient (Wildman–Crippen LogP) is 4.61. The van der Waals surface area contributed by atoms with Crippen molar-refractivity contribution in [1.82, 2.24) is 0 Å². The molecule has 0 saturated carbocycles. The smallest absolute Gasteiger partial charge is 0.293 e. The molecule has 0 atom stereocenters. The minimum absolute atomic E-state index is 0.0870. The van der Waals surface area contributed by atoms with Crippen LogP contribution in [0.2, 0.25) is 5.02 Å². The zero-order valence-electron chi connectivity index (χ0n) is 15.3. The molecular weight excluding hydrogens is 380 g/mol. The average Bonchev–Trinajstić information content (AvgIpc) is 2.69. The van der Waals surface area contributed by atoms with Gasteiger partial charge in [0.15, 0.2) is 0 Å². The van der Waals surface area contributed by atoms with E-state index in [9.17, 15) is 14.9 Å². The second-order valence-electron chi connectivity index (χ2n) is 6.89. The van der Waals surface area contributed by atoms with Gasteiger partial charge >= 0.3 is 0 Å². The fourth-order valence-corrected chi connectivity index (χ4v) is 3.38. The molecule has 0 unspecified atom stereocenters. The van der Waals surface area contributed by atoms with Crippen molar-refractivity contribution in [2.45, 2.75) is 19.8 Å². The Labute approximate surface area is 167 Å². The first-order chi connectivity index (χ1) is 13.4. The molecule has 28 heavy (non-hydrogen) atoms. The molecule has 0 aromatic heterocycles. The summed E-state index contributed by atoms with van der Waals surface area (Å²) >= 11 is 5.89. The molecule has 144 valence electrons. The van der Waals surface area contributed by atoms with Crippen LogP contribution in [0.3, 0.4) is 0 Å². The van der Waals surface area contributed by atoms with Gasteiger partial charge in [0.25, 0.3) is 11.6 Å². The van der Waals surface area contributed by atoms with Gasteiger partial charge in [-0.25, -0.2) is 0 Å². The maximum Gasteiger partial charge on any atom is 0.293 e. The first-order valence-corrected chi connectivity index (χ1v) is 9.31. The Balaban J connectivity index is 1.84. The summed E-state index contributed by atoms with van der Waals surface area (Å²) in [5.41, 5.74) is 1.25. The fourth-order valence-electron chi connectivity index (χ4n) is 3.22. The molecule has 7 nitrogen and oxygen atoms in total. The third kappa shape index (κ3) is 4.24. The number of carbonyl (C=O) groups excluding carboxylic acids is 1. The lowest BCUT2D eigenvalue weighted by Crippen LogP contribution is -2.33. The Bertz CT molecular complexity index is 962. The maximum absolute atomic E-state index is 12.5. The number of nitrogens with one attached hydrogen (secondary N) is 1. The number of benzene rings is 2. The number of nitriles is 1. The van der Waals surface area contributed by atoms with E-state index >= 15 is 0 Å². The lowest BCUT2D eigenvalue weighted by atomic mass is 9.98. The molecule has 0 spiro atoms. The van der Waals surface area contributed by atoms with Crippen LogP contribution in [0.4, 0.5) is 17.1 Å². The molecule has 1 amide bonds. The van der Waals surface area contributed by atoms with Crippen molar-refractivity contribution >= 4 is 34.6 Å². The summed E-state index contributed by atoms with van der Waals surface area (Å²) in [5, 5.41) is 23.5. The lowest BCUT2D eigenvalue weighted by molar-refractivity contribution is -0.384. The summed E-state index contributed by atoms with van der Waals surface area (Å²) in [5.74, 6) is 0.117. The van der Waals surface area contributed by atoms with Crippen molar-refractivity contribution in [2.75, 3.05) is 23.3 Å². The Hall–Kier alpha value is -3.11. The van der Waals surface area contributed by atoms with Crippen LogP contribution in [0, 0.1) is 27.4 Å². The van der Waals surface area contributed by atoms with Gasteiger partial charge in [-0.05, 0) is 49.1 Å². The van der Waals surface area contributed by atoms with Crippen molar-refractivity contribution in [2.24, 2.45) is 5.92 Å². The molecule has 0 aliphatic carbocycles. The highest BCUT2D eigenvalue weighted by Gasteiger charge is 2.24. The zero-order chi connectivity index (χ0) is 20.3. The molecule has 1 heterocycles. The molecular formula is C20H19ClN4O3. The van der Waals surface area contributed by atoms with E-state index in [1.807, 2.05) is 11.0 Å². The van der Waals surface area contributed by atoms with E-state index in [2.05, 4.69) is 12.2 Å². The largest absolute Gasteiger partial charge is 0.366 e. The van der Waals surface area contributed by atoms with Gasteiger partial charge in [-0.1, -0.05) is 18.5 Å². The second-order valence-corrected chi connectivity index (χ2v) is 7.30. The topological polar surface area (TPSA) is 99.3 Å². The number of amides is 1. The number of piperidine rings is 1. The SMILES string of the molecule is CC1CCN(c2ccc(C(=O)Nc3ccc(Cl)c(C#N)c3)cc2[N+](=O)[O-])CC1. The molecule has 1 aliphatic heterocycles. The van der Waals surface area contributed by atoms with Gasteiger partial charge < -0.3 is 10.2 Å². The van der Waals surface area contributed by atoms with Crippen molar-refractivity contribution in [3.63, 3.8) is 0 Å². The number of anilines is 2. The predicted molar refractivity (Wildman–Crippen MR) is 108 cm³/mol. The van der Waals surface area contributed by atoms with E-state index in [0.29, 0.717) is 17.3 Å². The Morgan fingerprint density at radius 1 is 1.29 bits per heavy atom. The van der Waals surface area contributed by atoms with Gasteiger partial charge in [0, 0.05) is 30.4 Å². The van der Waals surface area contributed by atoms with E-state index < -0.39 is 10.8 Å². The Morgan fingerprint density at radius 3 is 2.64 bits per heavy atom. The van der Waals surface area contributed by atoms with Crippen molar-refractivity contribution in [3.8, 4) is 6.07 Å². The lowest BCUT2D eigenvalue weighted by Gasteiger charge is -2.31. The van der Waals surface area contributed by atoms with Crippen LogP contribution in [-0.4, -0.2) is 23.9 Å². The molecule has 1 N–H and O–H groups in total. The minimum Gasteiger partial charge on any atom is -0.366 e. The maximum atomic E-state index is 12.5. The van der Waals surface area contributed by atoms with Gasteiger partial charge in [0.05, 0.1) is 15.5 Å². The number of carbonyl (C=O) groups is 1. The van der Waals surface area contributed by atoms with Crippen LogP contribution in [0.1, 0.15) is 35.7 Å². The third-order valence-corrected chi connectivity index (χ3v) is 5.23. The van der Waals surface area contributed by atoms with Crippen molar-refractivity contribution < 1.29 is 9.72 Å². The van der Waals surface area contributed by atoms with Crippen LogP contribution in [0.15, 0.2) is 36.4 Å². The summed E-state index contributed by atoms with van der Waals surface area (Å²) < 4.78 is 0. The number of rotatable bonds is 4. The Kier molecular flexibility index (Phi) is 5.81. The molecule has 1 fully saturated rings. The highest BCUT2D eigenvalue weighted by molar-refractivity contribution is 6.31. The summed E-state index contributed by atoms with van der Waals surface area (Å²) in [6, 6.07) is 11.0. The van der Waals surface area contributed by atoms with Crippen LogP contribution < -0.4 is 10.2 Å². The number of hydrogen-bond donors (Lipinski definition) is 1. The first kappa shape index (κ1) is 19.6. The Morgan fingerprint density at radius 2 is 2.00 bits per heavy atom. The molecule has 2 aromatic carbocycles. The molecule has 8 heteroatoms. The first-order valence-electron chi connectivity index (χ1n) is 8.93. The number of nitrogens with zero attached hydrogens (tertiary/aromatic N) is 3. The van der Waals surface area contributed by atoms with Gasteiger partial charge in [-0.3, -0.25) is 14.9 Å². The summed E-state index contributed by atoms with van der Waals surface area (Å²) in [6.07, 6.45) is 1.97. The van der Waals surface area contributed by atoms with E-state index in [-0.39, 0.29) is 21.8 Å². The van der Waals surface area contributed by atoms with E-state index in [4.69, 9.17) is 16.9 Å². The van der Waals surface area contributed by atoms with E-state index in [1.165, 1.54) is 18.2 Å². The fraction of sp³-hybridized carbons (Fsp3) is 0.300. The van der Waals surface area contributed by atoms with Crippen molar-refractivity contribution in [3.05, 3.63) is 62.7 Å². The summed E-state index contributed by atoms with van der Waals surface area (Å²) in [7, 11) is 0. The highest BCUT2D eigenvalue weighted by atomic mass is 35.5. The van der Waals surface area contributed by atoms with Crippen LogP contribution >= 0.6 is 11.6 Å². The average molecular weight is 399 g/mol. The number of halogens is 1. The number of hydrogen-bond acceptors (Lipinski definition) is 5. The van der Waals surface area contributed by atoms with Gasteiger partial charge in [-0.15, -0.1) is 0 Å². The molecule has 1 aliphatic rings. The molecule has 0 bridgehead atoms. The molecule has 2 aromatic rings. The van der Waals surface area contributed by atoms with E-state index in [0.717, 1.165) is 25.9 Å². The second kappa shape index (κ2) is 8.28. The molecule has 1 saturated heterocycles. The third-order valence-electron chi connectivity index (χ3n) is 4.90. The standard InChI is InChI=1S/C20H19ClN4O3/c1-13-6-8-24(9-7-13)18-5-2-14(11-19(18)25(27)28)20(26)23-16-3-4-17(21)15(10-16)12-22/h2-5,10-11,13H,6-9H2,1H3,(H,23,26). The minimum atomic E-state index is -0.492. The normalized spacial score (nSPS) is 14.4. The quantitative estimate of drug-likeness (QED) is 0.598. The summed E-state index contributed by atoms with van der Waals surface area (Å²) in [6.45, 7) is 3.69.